The molecule has 21 heavy (non-hydrogen) atoms. The number of sulfonamides is 1. The van der Waals surface area contributed by atoms with E-state index in [1.54, 1.807) is 49.4 Å². The van der Waals surface area contributed by atoms with Crippen molar-refractivity contribution >= 4 is 44.6 Å². The summed E-state index contributed by atoms with van der Waals surface area (Å²) in [5, 5.41) is 0. The molecule has 0 aliphatic heterocycles. The smallest absolute Gasteiger partial charge is 0.265 e. The predicted molar refractivity (Wildman–Crippen MR) is 91.3 cm³/mol. The Morgan fingerprint density at radius 2 is 1.76 bits per heavy atom. The molecular weight excluding hydrogens is 401 g/mol. The molecule has 0 unspecified atom stereocenters. The first-order valence-electron chi connectivity index (χ1n) is 6.18. The standard InChI is InChI=1S/C15H14INO3S/c1-11-6-5-7-12(10-18)15(11)17(2)21(19,20)14-9-4-3-8-13(14)16/h3-10H,1-2H3. The van der Waals surface area contributed by atoms with Gasteiger partial charge >= 0.3 is 0 Å². The molecule has 2 aromatic rings. The molecule has 0 aromatic heterocycles. The normalized spacial score (nSPS) is 11.2. The van der Waals surface area contributed by atoms with E-state index in [1.165, 1.54) is 11.4 Å². The lowest BCUT2D eigenvalue weighted by atomic mass is 10.1. The first kappa shape index (κ1) is 16.0. The molecule has 6 heteroatoms. The summed E-state index contributed by atoms with van der Waals surface area (Å²) < 4.78 is 27.4. The van der Waals surface area contributed by atoms with Crippen molar-refractivity contribution in [2.24, 2.45) is 0 Å². The van der Waals surface area contributed by atoms with E-state index in [2.05, 4.69) is 0 Å². The Bertz CT molecular complexity index is 787. The van der Waals surface area contributed by atoms with Crippen molar-refractivity contribution in [3.05, 3.63) is 57.2 Å². The van der Waals surface area contributed by atoms with Crippen LogP contribution in [0.1, 0.15) is 15.9 Å². The van der Waals surface area contributed by atoms with Crippen molar-refractivity contribution in [3.63, 3.8) is 0 Å². The molecule has 0 saturated heterocycles. The molecule has 0 atom stereocenters. The Hall–Kier alpha value is -1.41. The Labute approximate surface area is 138 Å². The number of aryl methyl sites for hydroxylation is 1. The number of para-hydroxylation sites is 1. The van der Waals surface area contributed by atoms with Gasteiger partial charge in [0.2, 0.25) is 0 Å². The molecule has 0 amide bonds. The van der Waals surface area contributed by atoms with Crippen molar-refractivity contribution in [3.8, 4) is 0 Å². The Kier molecular flexibility index (Phi) is 4.67. The first-order valence-corrected chi connectivity index (χ1v) is 8.69. The number of nitrogens with zero attached hydrogens (tertiary/aromatic N) is 1. The Morgan fingerprint density at radius 1 is 1.10 bits per heavy atom. The highest BCUT2D eigenvalue weighted by Gasteiger charge is 2.26. The van der Waals surface area contributed by atoms with Gasteiger partial charge in [-0.25, -0.2) is 8.42 Å². The fourth-order valence-electron chi connectivity index (χ4n) is 2.13. The number of anilines is 1. The largest absolute Gasteiger partial charge is 0.298 e. The lowest BCUT2D eigenvalue weighted by molar-refractivity contribution is 0.112. The van der Waals surface area contributed by atoms with Gasteiger partial charge in [0.15, 0.2) is 6.29 Å². The average Bonchev–Trinajstić information content (AvgIpc) is 2.46. The molecule has 0 aliphatic carbocycles. The summed E-state index contributed by atoms with van der Waals surface area (Å²) in [6, 6.07) is 11.9. The number of rotatable bonds is 4. The zero-order valence-corrected chi connectivity index (χ0v) is 14.6. The van der Waals surface area contributed by atoms with Crippen LogP contribution in [0.3, 0.4) is 0 Å². The molecule has 0 aliphatic rings. The van der Waals surface area contributed by atoms with Crippen LogP contribution in [0, 0.1) is 10.5 Å². The fraction of sp³-hybridized carbons (Fsp3) is 0.133. The highest BCUT2D eigenvalue weighted by Crippen LogP contribution is 2.29. The summed E-state index contributed by atoms with van der Waals surface area (Å²) in [6.07, 6.45) is 0.671. The van der Waals surface area contributed by atoms with Crippen LogP contribution in [0.4, 0.5) is 5.69 Å². The molecule has 0 fully saturated rings. The van der Waals surface area contributed by atoms with Gasteiger partial charge in [-0.1, -0.05) is 24.3 Å². The van der Waals surface area contributed by atoms with E-state index in [0.29, 0.717) is 21.1 Å². The summed E-state index contributed by atoms with van der Waals surface area (Å²) in [4.78, 5) is 11.4. The number of hydrogen-bond donors (Lipinski definition) is 0. The maximum Gasteiger partial charge on any atom is 0.265 e. The van der Waals surface area contributed by atoms with Crippen molar-refractivity contribution in [2.45, 2.75) is 11.8 Å². The summed E-state index contributed by atoms with van der Waals surface area (Å²) in [6.45, 7) is 1.78. The second kappa shape index (κ2) is 6.15. The minimum atomic E-state index is -3.71. The number of aldehydes is 1. The number of halogens is 1. The second-order valence-electron chi connectivity index (χ2n) is 4.53. The predicted octanol–water partition coefficient (Wildman–Crippen LogP) is 3.24. The lowest BCUT2D eigenvalue weighted by Crippen LogP contribution is -2.28. The van der Waals surface area contributed by atoms with E-state index in [-0.39, 0.29) is 4.90 Å². The molecule has 4 nitrogen and oxygen atoms in total. The van der Waals surface area contributed by atoms with Crippen LogP contribution in [-0.2, 0) is 10.0 Å². The van der Waals surface area contributed by atoms with Crippen LogP contribution < -0.4 is 4.31 Å². The van der Waals surface area contributed by atoms with E-state index in [1.807, 2.05) is 22.6 Å². The van der Waals surface area contributed by atoms with E-state index in [0.717, 1.165) is 5.56 Å². The molecule has 2 aromatic carbocycles. The van der Waals surface area contributed by atoms with Gasteiger partial charge in [0, 0.05) is 16.2 Å². The molecule has 0 heterocycles. The van der Waals surface area contributed by atoms with Gasteiger partial charge in [-0.3, -0.25) is 9.10 Å². The highest BCUT2D eigenvalue weighted by molar-refractivity contribution is 14.1. The quantitative estimate of drug-likeness (QED) is 0.569. The third-order valence-electron chi connectivity index (χ3n) is 3.19. The topological polar surface area (TPSA) is 54.5 Å². The van der Waals surface area contributed by atoms with Gasteiger partial charge in [0.05, 0.1) is 5.69 Å². The Morgan fingerprint density at radius 3 is 2.38 bits per heavy atom. The zero-order valence-electron chi connectivity index (χ0n) is 11.6. The molecule has 0 radical (unpaired) electrons. The molecule has 0 spiro atoms. The van der Waals surface area contributed by atoms with E-state index in [9.17, 15) is 13.2 Å². The summed E-state index contributed by atoms with van der Waals surface area (Å²) in [5.74, 6) is 0. The summed E-state index contributed by atoms with van der Waals surface area (Å²) in [5.41, 5.74) is 1.50. The van der Waals surface area contributed by atoms with Gasteiger partial charge in [0.25, 0.3) is 10.0 Å². The monoisotopic (exact) mass is 415 g/mol. The van der Waals surface area contributed by atoms with Gasteiger partial charge in [-0.2, -0.15) is 0 Å². The summed E-state index contributed by atoms with van der Waals surface area (Å²) in [7, 11) is -2.24. The molecule has 110 valence electrons. The van der Waals surface area contributed by atoms with E-state index in [4.69, 9.17) is 0 Å². The summed E-state index contributed by atoms with van der Waals surface area (Å²) >= 11 is 1.99. The molecule has 0 saturated carbocycles. The van der Waals surface area contributed by atoms with E-state index < -0.39 is 10.0 Å². The number of hydrogen-bond acceptors (Lipinski definition) is 3. The SMILES string of the molecule is Cc1cccc(C=O)c1N(C)S(=O)(=O)c1ccccc1I. The van der Waals surface area contributed by atoms with Crippen LogP contribution in [0.5, 0.6) is 0 Å². The Balaban J connectivity index is 2.62. The molecule has 0 bridgehead atoms. The van der Waals surface area contributed by atoms with Gasteiger partial charge in [-0.05, 0) is 53.3 Å². The first-order chi connectivity index (χ1) is 9.89. The third kappa shape index (κ3) is 2.96. The van der Waals surface area contributed by atoms with Gasteiger partial charge in [-0.15, -0.1) is 0 Å². The number of carbonyl (C=O) groups excluding carboxylic acids is 1. The number of carbonyl (C=O) groups is 1. The van der Waals surface area contributed by atoms with Crippen LogP contribution in [0.15, 0.2) is 47.4 Å². The maximum atomic E-state index is 12.8. The zero-order chi connectivity index (χ0) is 15.6. The van der Waals surface area contributed by atoms with Crippen LogP contribution in [0.25, 0.3) is 0 Å². The van der Waals surface area contributed by atoms with Crippen molar-refractivity contribution < 1.29 is 13.2 Å². The maximum absolute atomic E-state index is 12.8. The van der Waals surface area contributed by atoms with Crippen molar-refractivity contribution in [1.29, 1.82) is 0 Å². The van der Waals surface area contributed by atoms with Gasteiger partial charge < -0.3 is 0 Å². The van der Waals surface area contributed by atoms with Crippen molar-refractivity contribution in [2.75, 3.05) is 11.4 Å². The fourth-order valence-corrected chi connectivity index (χ4v) is 4.70. The van der Waals surface area contributed by atoms with Crippen molar-refractivity contribution in [1.82, 2.24) is 0 Å². The minimum absolute atomic E-state index is 0.230. The highest BCUT2D eigenvalue weighted by atomic mass is 127. The average molecular weight is 415 g/mol. The third-order valence-corrected chi connectivity index (χ3v) is 6.31. The number of benzene rings is 2. The molecule has 0 N–H and O–H groups in total. The van der Waals surface area contributed by atoms with Crippen LogP contribution in [0.2, 0.25) is 0 Å². The second-order valence-corrected chi connectivity index (χ2v) is 7.63. The molecule has 2 rings (SSSR count). The van der Waals surface area contributed by atoms with Crippen LogP contribution in [-0.4, -0.2) is 21.8 Å². The van der Waals surface area contributed by atoms with Gasteiger partial charge in [0.1, 0.15) is 4.90 Å². The molecular formula is C15H14INO3S. The van der Waals surface area contributed by atoms with E-state index >= 15 is 0 Å². The minimum Gasteiger partial charge on any atom is -0.298 e. The lowest BCUT2D eigenvalue weighted by Gasteiger charge is -2.23. The van der Waals surface area contributed by atoms with Crippen LogP contribution >= 0.6 is 22.6 Å².